The fourth-order valence-electron chi connectivity index (χ4n) is 2.94. The molecule has 27 heavy (non-hydrogen) atoms. The number of aromatic nitrogens is 1. The van der Waals surface area contributed by atoms with Gasteiger partial charge >= 0.3 is 0 Å². The molecule has 3 rings (SSSR count). The summed E-state index contributed by atoms with van der Waals surface area (Å²) in [5.74, 6) is 0.0526. The topological polar surface area (TPSA) is 87.9 Å². The third kappa shape index (κ3) is 4.85. The lowest BCUT2D eigenvalue weighted by Crippen LogP contribution is -2.50. The molecule has 2 aromatic rings. The number of nitrogens with zero attached hydrogens (tertiary/aromatic N) is 3. The zero-order valence-corrected chi connectivity index (χ0v) is 15.4. The second-order valence-corrected chi connectivity index (χ2v) is 6.26. The van der Waals surface area contributed by atoms with E-state index in [0.29, 0.717) is 44.2 Å². The van der Waals surface area contributed by atoms with Gasteiger partial charge in [-0.25, -0.2) is 0 Å². The molecule has 1 fully saturated rings. The normalized spacial score (nSPS) is 14.3. The second kappa shape index (κ2) is 9.18. The third-order valence-electron chi connectivity index (χ3n) is 4.42. The SMILES string of the molecule is COCCCNc1ccnc(C(=O)N2CCN(C(=O)c3ccco3)CC2)c1. The number of hydrogen-bond donors (Lipinski definition) is 1. The first-order valence-corrected chi connectivity index (χ1v) is 9.00. The summed E-state index contributed by atoms with van der Waals surface area (Å²) in [6.07, 6.45) is 3.99. The molecule has 0 unspecified atom stereocenters. The van der Waals surface area contributed by atoms with Crippen molar-refractivity contribution in [3.05, 3.63) is 48.2 Å². The molecule has 3 heterocycles. The van der Waals surface area contributed by atoms with E-state index in [-0.39, 0.29) is 11.8 Å². The minimum Gasteiger partial charge on any atom is -0.459 e. The Kier molecular flexibility index (Phi) is 6.43. The van der Waals surface area contributed by atoms with Crippen molar-refractivity contribution in [2.45, 2.75) is 6.42 Å². The summed E-state index contributed by atoms with van der Waals surface area (Å²) in [5, 5.41) is 3.26. The Morgan fingerprint density at radius 3 is 2.59 bits per heavy atom. The number of carbonyl (C=O) groups excluding carboxylic acids is 2. The fourth-order valence-corrected chi connectivity index (χ4v) is 2.94. The molecule has 2 amide bonds. The molecule has 0 bridgehead atoms. The number of nitrogens with one attached hydrogen (secondary N) is 1. The van der Waals surface area contributed by atoms with Crippen LogP contribution in [0.4, 0.5) is 5.69 Å². The zero-order chi connectivity index (χ0) is 19.1. The van der Waals surface area contributed by atoms with E-state index >= 15 is 0 Å². The van der Waals surface area contributed by atoms with Crippen LogP contribution in [0.3, 0.4) is 0 Å². The molecule has 0 radical (unpaired) electrons. The van der Waals surface area contributed by atoms with Crippen molar-refractivity contribution in [3.8, 4) is 0 Å². The van der Waals surface area contributed by atoms with Crippen LogP contribution in [0.25, 0.3) is 0 Å². The summed E-state index contributed by atoms with van der Waals surface area (Å²) in [4.78, 5) is 32.7. The van der Waals surface area contributed by atoms with Gasteiger partial charge in [0.2, 0.25) is 0 Å². The van der Waals surface area contributed by atoms with Crippen molar-refractivity contribution in [1.82, 2.24) is 14.8 Å². The van der Waals surface area contributed by atoms with Crippen LogP contribution in [0, 0.1) is 0 Å². The first-order chi connectivity index (χ1) is 13.2. The molecule has 0 aromatic carbocycles. The summed E-state index contributed by atoms with van der Waals surface area (Å²) < 4.78 is 10.2. The summed E-state index contributed by atoms with van der Waals surface area (Å²) in [5.41, 5.74) is 1.26. The van der Waals surface area contributed by atoms with Crippen molar-refractivity contribution >= 4 is 17.5 Å². The maximum atomic E-state index is 12.7. The summed E-state index contributed by atoms with van der Waals surface area (Å²) in [6.45, 7) is 3.33. The van der Waals surface area contributed by atoms with Gasteiger partial charge in [0, 0.05) is 58.3 Å². The lowest BCUT2D eigenvalue weighted by molar-refractivity contribution is 0.0515. The molecule has 1 aliphatic rings. The summed E-state index contributed by atoms with van der Waals surface area (Å²) >= 11 is 0. The molecule has 0 saturated carbocycles. The van der Waals surface area contributed by atoms with Crippen LogP contribution >= 0.6 is 0 Å². The van der Waals surface area contributed by atoms with Gasteiger partial charge in [-0.05, 0) is 30.7 Å². The lowest BCUT2D eigenvalue weighted by atomic mass is 10.2. The Labute approximate surface area is 158 Å². The minimum atomic E-state index is -0.146. The van der Waals surface area contributed by atoms with Crippen LogP contribution in [0.15, 0.2) is 41.1 Å². The van der Waals surface area contributed by atoms with E-state index in [1.807, 2.05) is 6.07 Å². The van der Waals surface area contributed by atoms with Crippen LogP contribution in [0.2, 0.25) is 0 Å². The zero-order valence-electron chi connectivity index (χ0n) is 15.4. The predicted octanol–water partition coefficient (Wildman–Crippen LogP) is 1.72. The largest absolute Gasteiger partial charge is 0.459 e. The molecule has 0 spiro atoms. The highest BCUT2D eigenvalue weighted by Crippen LogP contribution is 2.14. The van der Waals surface area contributed by atoms with Gasteiger partial charge in [0.15, 0.2) is 5.76 Å². The van der Waals surface area contributed by atoms with Crippen LogP contribution < -0.4 is 5.32 Å². The maximum Gasteiger partial charge on any atom is 0.289 e. The van der Waals surface area contributed by atoms with Gasteiger partial charge in [0.25, 0.3) is 11.8 Å². The molecule has 0 aliphatic carbocycles. The van der Waals surface area contributed by atoms with E-state index in [4.69, 9.17) is 9.15 Å². The van der Waals surface area contributed by atoms with Gasteiger partial charge in [-0.3, -0.25) is 14.6 Å². The van der Waals surface area contributed by atoms with Crippen LogP contribution in [-0.2, 0) is 4.74 Å². The number of amides is 2. The first kappa shape index (κ1) is 18.9. The highest BCUT2D eigenvalue weighted by Gasteiger charge is 2.27. The molecule has 1 aliphatic heterocycles. The van der Waals surface area contributed by atoms with E-state index in [0.717, 1.165) is 18.7 Å². The van der Waals surface area contributed by atoms with Crippen molar-refractivity contribution in [1.29, 1.82) is 0 Å². The number of carbonyl (C=O) groups is 2. The van der Waals surface area contributed by atoms with E-state index < -0.39 is 0 Å². The number of methoxy groups -OCH3 is 1. The number of rotatable bonds is 7. The average Bonchev–Trinajstić information content (AvgIpc) is 3.25. The first-order valence-electron chi connectivity index (χ1n) is 9.00. The minimum absolute atomic E-state index is 0.124. The predicted molar refractivity (Wildman–Crippen MR) is 99.7 cm³/mol. The van der Waals surface area contributed by atoms with Crippen molar-refractivity contribution in [2.75, 3.05) is 51.8 Å². The number of anilines is 1. The van der Waals surface area contributed by atoms with E-state index in [9.17, 15) is 9.59 Å². The molecule has 0 atom stereocenters. The molecule has 1 saturated heterocycles. The van der Waals surface area contributed by atoms with Gasteiger partial charge in [0.05, 0.1) is 6.26 Å². The van der Waals surface area contributed by atoms with Crippen molar-refractivity contribution < 1.29 is 18.7 Å². The van der Waals surface area contributed by atoms with Crippen molar-refractivity contribution in [2.24, 2.45) is 0 Å². The van der Waals surface area contributed by atoms with Crippen LogP contribution in [0.1, 0.15) is 27.5 Å². The lowest BCUT2D eigenvalue weighted by Gasteiger charge is -2.34. The number of pyridine rings is 1. The molecule has 144 valence electrons. The molecular formula is C19H24N4O4. The summed E-state index contributed by atoms with van der Waals surface area (Å²) in [6, 6.07) is 6.93. The van der Waals surface area contributed by atoms with Gasteiger partial charge in [-0.1, -0.05) is 0 Å². The van der Waals surface area contributed by atoms with Crippen molar-refractivity contribution in [3.63, 3.8) is 0 Å². The number of piperazine rings is 1. The van der Waals surface area contributed by atoms with Crippen LogP contribution in [0.5, 0.6) is 0 Å². The Bertz CT molecular complexity index is 755. The van der Waals surface area contributed by atoms with Gasteiger partial charge in [-0.2, -0.15) is 0 Å². The van der Waals surface area contributed by atoms with Gasteiger partial charge in [0.1, 0.15) is 5.69 Å². The second-order valence-electron chi connectivity index (χ2n) is 6.26. The third-order valence-corrected chi connectivity index (χ3v) is 4.42. The molecule has 8 heteroatoms. The molecule has 2 aromatic heterocycles. The van der Waals surface area contributed by atoms with Gasteiger partial charge < -0.3 is 24.3 Å². The molecular weight excluding hydrogens is 348 g/mol. The Morgan fingerprint density at radius 2 is 1.93 bits per heavy atom. The smallest absolute Gasteiger partial charge is 0.289 e. The quantitative estimate of drug-likeness (QED) is 0.745. The van der Waals surface area contributed by atoms with E-state index in [2.05, 4.69) is 10.3 Å². The van der Waals surface area contributed by atoms with E-state index in [1.165, 1.54) is 6.26 Å². The Balaban J connectivity index is 1.54. The number of ether oxygens (including phenoxy) is 1. The number of furan rings is 1. The monoisotopic (exact) mass is 372 g/mol. The standard InChI is InChI=1S/C19H24N4O4/c1-26-12-3-6-20-15-5-7-21-16(14-15)18(24)22-8-10-23(11-9-22)19(25)17-4-2-13-27-17/h2,4-5,7,13-14H,3,6,8-12H2,1H3,(H,20,21). The number of hydrogen-bond acceptors (Lipinski definition) is 6. The van der Waals surface area contributed by atoms with Gasteiger partial charge in [-0.15, -0.1) is 0 Å². The molecule has 1 N–H and O–H groups in total. The fraction of sp³-hybridized carbons (Fsp3) is 0.421. The maximum absolute atomic E-state index is 12.7. The highest BCUT2D eigenvalue weighted by atomic mass is 16.5. The average molecular weight is 372 g/mol. The van der Waals surface area contributed by atoms with E-state index in [1.54, 1.807) is 41.3 Å². The Hall–Kier alpha value is -2.87. The summed E-state index contributed by atoms with van der Waals surface area (Å²) in [7, 11) is 1.67. The highest BCUT2D eigenvalue weighted by molar-refractivity contribution is 5.94. The molecule has 8 nitrogen and oxygen atoms in total. The van der Waals surface area contributed by atoms with Crippen LogP contribution in [-0.4, -0.2) is 73.0 Å². The Morgan fingerprint density at radius 1 is 1.19 bits per heavy atom.